The van der Waals surface area contributed by atoms with Gasteiger partial charge < -0.3 is 14.5 Å². The van der Waals surface area contributed by atoms with E-state index in [2.05, 4.69) is 14.8 Å². The average Bonchev–Trinajstić information content (AvgIpc) is 3.59. The molecule has 0 unspecified atom stereocenters. The van der Waals surface area contributed by atoms with Gasteiger partial charge in [-0.05, 0) is 70.3 Å². The van der Waals surface area contributed by atoms with Crippen LogP contribution < -0.4 is 10.5 Å². The van der Waals surface area contributed by atoms with Crippen molar-refractivity contribution in [2.45, 2.75) is 64.8 Å². The maximum absolute atomic E-state index is 13.5. The summed E-state index contributed by atoms with van der Waals surface area (Å²) in [6.45, 7) is 7.85. The number of carbonyl (C=O) groups excluding carboxylic acids is 3. The molecule has 1 saturated carbocycles. The van der Waals surface area contributed by atoms with Crippen molar-refractivity contribution in [3.05, 3.63) is 57.5 Å². The number of fused-ring (bicyclic) bond motifs is 1. The van der Waals surface area contributed by atoms with Crippen LogP contribution in [-0.2, 0) is 20.7 Å². The van der Waals surface area contributed by atoms with Crippen LogP contribution in [0, 0.1) is 12.8 Å². The molecule has 0 spiro atoms. The second-order valence-corrected chi connectivity index (χ2v) is 12.8. The number of anilines is 1. The van der Waals surface area contributed by atoms with Crippen LogP contribution in [0.4, 0.5) is 5.69 Å². The van der Waals surface area contributed by atoms with Gasteiger partial charge in [0.15, 0.2) is 5.78 Å². The fraction of sp³-hybridized carbons (Fsp3) is 0.559. The predicted molar refractivity (Wildman–Crippen MR) is 173 cm³/mol. The van der Waals surface area contributed by atoms with Crippen molar-refractivity contribution < 1.29 is 19.1 Å². The molecule has 46 heavy (non-hydrogen) atoms. The zero-order chi connectivity index (χ0) is 32.4. The van der Waals surface area contributed by atoms with Gasteiger partial charge in [0.25, 0.3) is 5.56 Å². The molecule has 2 aliphatic heterocycles. The van der Waals surface area contributed by atoms with Gasteiger partial charge >= 0.3 is 5.97 Å². The number of aryl methyl sites for hydroxylation is 1. The van der Waals surface area contributed by atoms with E-state index in [1.54, 1.807) is 17.7 Å². The number of piperidine rings is 1. The molecule has 0 N–H and O–H groups in total. The standard InChI is InChI=1S/C34H43N7O5/c1-22-28-20-36-29(37-32(28)41(26-6-4-5-7-26)33(44)31(22)23(2)42)18-25-8-9-27(19-35-25)39-14-16-40(17-15-39)30(43)21-38-12-10-24(11-13-38)34(45)46-3/h8-9,19-20,24,26H,4-7,10-18,21H2,1-3H3. The van der Waals surface area contributed by atoms with Crippen molar-refractivity contribution in [2.75, 3.05) is 57.8 Å². The van der Waals surface area contributed by atoms with E-state index in [4.69, 9.17) is 14.7 Å². The molecule has 3 fully saturated rings. The van der Waals surface area contributed by atoms with E-state index in [-0.39, 0.29) is 40.7 Å². The van der Waals surface area contributed by atoms with E-state index in [1.165, 1.54) is 14.0 Å². The van der Waals surface area contributed by atoms with Crippen molar-refractivity contribution in [1.29, 1.82) is 0 Å². The Bertz CT molecular complexity index is 1670. The minimum Gasteiger partial charge on any atom is -0.469 e. The molecule has 244 valence electrons. The van der Waals surface area contributed by atoms with E-state index in [1.807, 2.05) is 23.2 Å². The Morgan fingerprint density at radius 3 is 2.28 bits per heavy atom. The first-order valence-corrected chi connectivity index (χ1v) is 16.4. The highest BCUT2D eigenvalue weighted by Gasteiger charge is 2.29. The lowest BCUT2D eigenvalue weighted by Crippen LogP contribution is -2.52. The summed E-state index contributed by atoms with van der Waals surface area (Å²) in [6, 6.07) is 4.06. The molecule has 12 heteroatoms. The van der Waals surface area contributed by atoms with Crippen LogP contribution in [0.15, 0.2) is 29.3 Å². The molecule has 0 radical (unpaired) electrons. The number of rotatable bonds is 8. The third-order valence-corrected chi connectivity index (χ3v) is 9.93. The summed E-state index contributed by atoms with van der Waals surface area (Å²) >= 11 is 0. The number of ether oxygens (including phenoxy) is 1. The number of amides is 1. The lowest BCUT2D eigenvalue weighted by molar-refractivity contribution is -0.147. The summed E-state index contributed by atoms with van der Waals surface area (Å²) in [6.07, 6.45) is 9.39. The summed E-state index contributed by atoms with van der Waals surface area (Å²) in [5, 5.41) is 0.740. The number of esters is 1. The number of pyridine rings is 2. The second-order valence-electron chi connectivity index (χ2n) is 12.8. The van der Waals surface area contributed by atoms with Gasteiger partial charge in [0.1, 0.15) is 11.5 Å². The van der Waals surface area contributed by atoms with Crippen molar-refractivity contribution >= 4 is 34.4 Å². The van der Waals surface area contributed by atoms with Crippen LogP contribution in [0.1, 0.15) is 78.9 Å². The average molecular weight is 630 g/mol. The SMILES string of the molecule is COC(=O)C1CCN(CC(=O)N2CCN(c3ccc(Cc4ncc5c(C)c(C(C)=O)c(=O)n(C6CCCC6)c5n4)nc3)CC2)CC1. The normalized spacial score (nSPS) is 18.3. The number of aromatic nitrogens is 4. The summed E-state index contributed by atoms with van der Waals surface area (Å²) in [4.78, 5) is 71.1. The van der Waals surface area contributed by atoms with Gasteiger partial charge in [-0.25, -0.2) is 9.97 Å². The number of piperazine rings is 1. The fourth-order valence-electron chi connectivity index (χ4n) is 7.24. The van der Waals surface area contributed by atoms with E-state index in [9.17, 15) is 19.2 Å². The molecule has 6 rings (SSSR count). The topological polar surface area (TPSA) is 131 Å². The Kier molecular flexibility index (Phi) is 9.44. The molecule has 2 saturated heterocycles. The van der Waals surface area contributed by atoms with Crippen molar-refractivity contribution in [3.63, 3.8) is 0 Å². The third kappa shape index (κ3) is 6.53. The van der Waals surface area contributed by atoms with Crippen LogP contribution in [0.5, 0.6) is 0 Å². The number of hydrogen-bond donors (Lipinski definition) is 0. The summed E-state index contributed by atoms with van der Waals surface area (Å²) in [5.74, 6) is 0.262. The molecule has 1 aliphatic carbocycles. The quantitative estimate of drug-likeness (QED) is 0.271. The molecule has 5 heterocycles. The Morgan fingerprint density at radius 1 is 0.935 bits per heavy atom. The Morgan fingerprint density at radius 2 is 1.65 bits per heavy atom. The Hall–Kier alpha value is -4.19. The van der Waals surface area contributed by atoms with E-state index < -0.39 is 0 Å². The fourth-order valence-corrected chi connectivity index (χ4v) is 7.24. The summed E-state index contributed by atoms with van der Waals surface area (Å²) < 4.78 is 6.61. The molecule has 3 aromatic rings. The van der Waals surface area contributed by atoms with E-state index in [0.717, 1.165) is 81.5 Å². The van der Waals surface area contributed by atoms with Crippen LogP contribution in [0.3, 0.4) is 0 Å². The maximum atomic E-state index is 13.5. The largest absolute Gasteiger partial charge is 0.469 e. The zero-order valence-corrected chi connectivity index (χ0v) is 27.0. The van der Waals surface area contributed by atoms with Crippen LogP contribution in [0.2, 0.25) is 0 Å². The zero-order valence-electron chi connectivity index (χ0n) is 27.0. The Labute approximate surface area is 268 Å². The summed E-state index contributed by atoms with van der Waals surface area (Å²) in [7, 11) is 1.42. The number of hydrogen-bond acceptors (Lipinski definition) is 10. The molecule has 0 atom stereocenters. The molecule has 1 amide bonds. The van der Waals surface area contributed by atoms with Crippen LogP contribution in [-0.4, -0.2) is 99.9 Å². The lowest BCUT2D eigenvalue weighted by atomic mass is 9.97. The third-order valence-electron chi connectivity index (χ3n) is 9.93. The second kappa shape index (κ2) is 13.7. The van der Waals surface area contributed by atoms with Gasteiger partial charge in [-0.15, -0.1) is 0 Å². The number of ketones is 1. The smallest absolute Gasteiger partial charge is 0.308 e. The van der Waals surface area contributed by atoms with E-state index >= 15 is 0 Å². The maximum Gasteiger partial charge on any atom is 0.308 e. The molecule has 0 bridgehead atoms. The van der Waals surface area contributed by atoms with Gasteiger partial charge in [-0.2, -0.15) is 0 Å². The lowest BCUT2D eigenvalue weighted by Gasteiger charge is -2.37. The van der Waals surface area contributed by atoms with E-state index in [0.29, 0.717) is 43.1 Å². The number of Topliss-reactive ketones (excluding diaryl/α,β-unsaturated/α-hetero) is 1. The van der Waals surface area contributed by atoms with Crippen molar-refractivity contribution in [1.82, 2.24) is 29.3 Å². The van der Waals surface area contributed by atoms with Crippen LogP contribution >= 0.6 is 0 Å². The minimum atomic E-state index is -0.251. The van der Waals surface area contributed by atoms with Gasteiger partial charge in [0.2, 0.25) is 5.91 Å². The molecule has 3 aliphatic rings. The molecular formula is C34H43N7O5. The monoisotopic (exact) mass is 629 g/mol. The molecule has 0 aromatic carbocycles. The van der Waals surface area contributed by atoms with Crippen LogP contribution in [0.25, 0.3) is 11.0 Å². The van der Waals surface area contributed by atoms with Gasteiger partial charge in [0.05, 0.1) is 43.4 Å². The first-order valence-electron chi connectivity index (χ1n) is 16.4. The minimum absolute atomic E-state index is 0.0372. The highest BCUT2D eigenvalue weighted by molar-refractivity contribution is 5.99. The Balaban J connectivity index is 1.08. The first-order chi connectivity index (χ1) is 22.2. The summed E-state index contributed by atoms with van der Waals surface area (Å²) in [5.41, 5.74) is 3.04. The highest BCUT2D eigenvalue weighted by atomic mass is 16.5. The van der Waals surface area contributed by atoms with Gasteiger partial charge in [0, 0.05) is 49.5 Å². The number of nitrogens with zero attached hydrogens (tertiary/aromatic N) is 7. The number of methoxy groups -OCH3 is 1. The molecule has 3 aromatic heterocycles. The predicted octanol–water partition coefficient (Wildman–Crippen LogP) is 2.94. The number of carbonyl (C=O) groups is 3. The molecular weight excluding hydrogens is 586 g/mol. The van der Waals surface area contributed by atoms with Gasteiger partial charge in [-0.3, -0.25) is 33.6 Å². The van der Waals surface area contributed by atoms with Crippen molar-refractivity contribution in [3.8, 4) is 0 Å². The first kappa shape index (κ1) is 31.8. The number of likely N-dealkylation sites (tertiary alicyclic amines) is 1. The molecule has 12 nitrogen and oxygen atoms in total. The van der Waals surface area contributed by atoms with Gasteiger partial charge in [-0.1, -0.05) is 12.8 Å². The van der Waals surface area contributed by atoms with Crippen molar-refractivity contribution in [2.24, 2.45) is 5.92 Å². The highest BCUT2D eigenvalue weighted by Crippen LogP contribution is 2.32.